The van der Waals surface area contributed by atoms with Gasteiger partial charge in [-0.2, -0.15) is 0 Å². The predicted molar refractivity (Wildman–Crippen MR) is 43.2 cm³/mol. The minimum absolute atomic E-state index is 0.358. The van der Waals surface area contributed by atoms with Crippen LogP contribution in [-0.2, 0) is 9.53 Å². The second kappa shape index (κ2) is 3.36. The Morgan fingerprint density at radius 3 is 2.33 bits per heavy atom. The Morgan fingerprint density at radius 2 is 2.22 bits per heavy atom. The predicted octanol–water partition coefficient (Wildman–Crippen LogP) is 0.659. The highest BCUT2D eigenvalue weighted by Crippen LogP contribution is 2.00. The Bertz CT molecular complexity index is 108. The van der Waals surface area contributed by atoms with Gasteiger partial charge in [0, 0.05) is 0 Å². The fourth-order valence-corrected chi connectivity index (χ4v) is 0.518. The lowest BCUT2D eigenvalue weighted by Gasteiger charge is -2.14. The Balaban J connectivity index is 3.74. The summed E-state index contributed by atoms with van der Waals surface area (Å²) in [7, 11) is 0. The molecule has 0 aromatic heterocycles. The molecule has 2 N–H and O–H groups in total. The standard InChI is InChI=1S/C5H10INO2/c1-5(2,7)4(8)9-3-6/h3,7H2,1-2H3. The molecule has 0 spiro atoms. The number of nitrogens with two attached hydrogens (primary N) is 1. The molecule has 0 heterocycles. The Labute approximate surface area is 68.1 Å². The first-order valence-electron chi connectivity index (χ1n) is 2.50. The van der Waals surface area contributed by atoms with Crippen LogP contribution in [0, 0.1) is 0 Å². The number of hydrogen-bond donors (Lipinski definition) is 1. The van der Waals surface area contributed by atoms with Crippen LogP contribution in [0.15, 0.2) is 0 Å². The van der Waals surface area contributed by atoms with Crippen LogP contribution in [0.5, 0.6) is 0 Å². The van der Waals surface area contributed by atoms with Gasteiger partial charge in [0.25, 0.3) is 0 Å². The number of rotatable bonds is 2. The van der Waals surface area contributed by atoms with Gasteiger partial charge in [0.15, 0.2) is 0 Å². The number of ether oxygens (including phenoxy) is 1. The topological polar surface area (TPSA) is 52.3 Å². The second-order valence-electron chi connectivity index (χ2n) is 2.26. The third-order valence-corrected chi connectivity index (χ3v) is 1.02. The first-order chi connectivity index (χ1) is 3.98. The molecular formula is C5H10INO2. The Hall–Kier alpha value is 0.160. The van der Waals surface area contributed by atoms with Crippen LogP contribution >= 0.6 is 22.6 Å². The molecular weight excluding hydrogens is 233 g/mol. The van der Waals surface area contributed by atoms with Gasteiger partial charge >= 0.3 is 5.97 Å². The van der Waals surface area contributed by atoms with Crippen molar-refractivity contribution in [3.8, 4) is 0 Å². The summed E-state index contributed by atoms with van der Waals surface area (Å²) in [6.07, 6.45) is 0. The van der Waals surface area contributed by atoms with Gasteiger partial charge in [0.2, 0.25) is 0 Å². The van der Waals surface area contributed by atoms with Crippen LogP contribution in [0.3, 0.4) is 0 Å². The van der Waals surface area contributed by atoms with Gasteiger partial charge < -0.3 is 10.5 Å². The van der Waals surface area contributed by atoms with Gasteiger partial charge in [-0.05, 0) is 36.4 Å². The number of carbonyl (C=O) groups is 1. The van der Waals surface area contributed by atoms with Crippen molar-refractivity contribution in [2.24, 2.45) is 5.73 Å². The van der Waals surface area contributed by atoms with Gasteiger partial charge in [-0.3, -0.25) is 4.79 Å². The summed E-state index contributed by atoms with van der Waals surface area (Å²) in [5.41, 5.74) is 4.53. The molecule has 9 heavy (non-hydrogen) atoms. The largest absolute Gasteiger partial charge is 0.454 e. The van der Waals surface area contributed by atoms with E-state index in [1.54, 1.807) is 13.8 Å². The highest BCUT2D eigenvalue weighted by molar-refractivity contribution is 14.1. The number of alkyl halides is 1. The maximum Gasteiger partial charge on any atom is 0.326 e. The molecule has 0 amide bonds. The van der Waals surface area contributed by atoms with E-state index in [4.69, 9.17) is 5.73 Å². The molecule has 0 saturated heterocycles. The molecule has 0 aliphatic rings. The lowest BCUT2D eigenvalue weighted by atomic mass is 10.1. The van der Waals surface area contributed by atoms with Gasteiger partial charge in [0.1, 0.15) is 10.2 Å². The molecule has 0 aromatic rings. The molecule has 54 valence electrons. The third-order valence-electron chi connectivity index (χ3n) is 0.712. The van der Waals surface area contributed by atoms with Crippen molar-refractivity contribution in [2.75, 3.05) is 4.61 Å². The highest BCUT2D eigenvalue weighted by atomic mass is 127. The molecule has 3 nitrogen and oxygen atoms in total. The van der Waals surface area contributed by atoms with Gasteiger partial charge in [-0.1, -0.05) is 0 Å². The molecule has 4 heteroatoms. The van der Waals surface area contributed by atoms with Crippen molar-refractivity contribution < 1.29 is 9.53 Å². The third kappa shape index (κ3) is 3.69. The van der Waals surface area contributed by atoms with Crippen LogP contribution in [0.4, 0.5) is 0 Å². The summed E-state index contributed by atoms with van der Waals surface area (Å²) >= 11 is 1.94. The summed E-state index contributed by atoms with van der Waals surface area (Å²) < 4.78 is 4.99. The molecule has 0 aromatic carbocycles. The van der Waals surface area contributed by atoms with Crippen molar-refractivity contribution in [3.05, 3.63) is 0 Å². The van der Waals surface area contributed by atoms with E-state index >= 15 is 0 Å². The van der Waals surface area contributed by atoms with Crippen LogP contribution in [-0.4, -0.2) is 16.1 Å². The van der Waals surface area contributed by atoms with E-state index in [0.717, 1.165) is 0 Å². The summed E-state index contributed by atoms with van der Waals surface area (Å²) in [5, 5.41) is 0. The number of halogens is 1. The van der Waals surface area contributed by atoms with E-state index in [9.17, 15) is 4.79 Å². The molecule has 0 rings (SSSR count). The fourth-order valence-electron chi connectivity index (χ4n) is 0.236. The van der Waals surface area contributed by atoms with Crippen molar-refractivity contribution in [2.45, 2.75) is 19.4 Å². The van der Waals surface area contributed by atoms with E-state index in [1.807, 2.05) is 22.6 Å². The number of carbonyl (C=O) groups excluding carboxylic acids is 1. The minimum Gasteiger partial charge on any atom is -0.454 e. The fraction of sp³-hybridized carbons (Fsp3) is 0.800. The maximum atomic E-state index is 10.7. The molecule has 0 bridgehead atoms. The van der Waals surface area contributed by atoms with E-state index in [2.05, 4.69) is 4.74 Å². The molecule has 0 fully saturated rings. The van der Waals surface area contributed by atoms with Crippen LogP contribution in [0.2, 0.25) is 0 Å². The lowest BCUT2D eigenvalue weighted by Crippen LogP contribution is -2.42. The van der Waals surface area contributed by atoms with E-state index in [0.29, 0.717) is 4.61 Å². The van der Waals surface area contributed by atoms with E-state index < -0.39 is 5.54 Å². The average Bonchev–Trinajstić information content (AvgIpc) is 1.64. The normalized spacial score (nSPS) is 11.1. The summed E-state index contributed by atoms with van der Waals surface area (Å²) in [6, 6.07) is 0. The lowest BCUT2D eigenvalue weighted by molar-refractivity contribution is -0.146. The summed E-state index contributed by atoms with van der Waals surface area (Å²) in [6.45, 7) is 3.23. The summed E-state index contributed by atoms with van der Waals surface area (Å²) in [4.78, 5) is 10.7. The monoisotopic (exact) mass is 243 g/mol. The molecule has 0 saturated carbocycles. The minimum atomic E-state index is -0.856. The first-order valence-corrected chi connectivity index (χ1v) is 4.03. The first kappa shape index (κ1) is 9.16. The quantitative estimate of drug-likeness (QED) is 0.440. The Kier molecular flexibility index (Phi) is 3.42. The van der Waals surface area contributed by atoms with Crippen LogP contribution in [0.1, 0.15) is 13.8 Å². The maximum absolute atomic E-state index is 10.7. The summed E-state index contributed by atoms with van der Waals surface area (Å²) in [5.74, 6) is -0.364. The zero-order valence-electron chi connectivity index (χ0n) is 5.48. The van der Waals surface area contributed by atoms with Gasteiger partial charge in [-0.25, -0.2) is 0 Å². The zero-order chi connectivity index (χ0) is 7.49. The van der Waals surface area contributed by atoms with Gasteiger partial charge in [0.05, 0.1) is 0 Å². The molecule has 0 atom stereocenters. The van der Waals surface area contributed by atoms with Crippen molar-refractivity contribution in [3.63, 3.8) is 0 Å². The van der Waals surface area contributed by atoms with Gasteiger partial charge in [-0.15, -0.1) is 0 Å². The van der Waals surface area contributed by atoms with Crippen molar-refractivity contribution in [1.82, 2.24) is 0 Å². The molecule has 0 radical (unpaired) electrons. The van der Waals surface area contributed by atoms with Crippen molar-refractivity contribution >= 4 is 28.6 Å². The van der Waals surface area contributed by atoms with E-state index in [1.165, 1.54) is 0 Å². The second-order valence-corrected chi connectivity index (χ2v) is 2.89. The Morgan fingerprint density at radius 1 is 1.78 bits per heavy atom. The highest BCUT2D eigenvalue weighted by Gasteiger charge is 2.22. The molecule has 0 aliphatic heterocycles. The van der Waals surface area contributed by atoms with Crippen LogP contribution in [0.25, 0.3) is 0 Å². The SMILES string of the molecule is CC(C)(N)C(=O)OCI. The molecule has 0 aliphatic carbocycles. The zero-order valence-corrected chi connectivity index (χ0v) is 7.64. The average molecular weight is 243 g/mol. The number of esters is 1. The van der Waals surface area contributed by atoms with E-state index in [-0.39, 0.29) is 5.97 Å². The smallest absolute Gasteiger partial charge is 0.326 e. The van der Waals surface area contributed by atoms with Crippen LogP contribution < -0.4 is 5.73 Å². The van der Waals surface area contributed by atoms with Crippen molar-refractivity contribution in [1.29, 1.82) is 0 Å². The molecule has 0 unspecified atom stereocenters. The number of hydrogen-bond acceptors (Lipinski definition) is 3.